The van der Waals surface area contributed by atoms with Crippen LogP contribution in [0.25, 0.3) is 15.2 Å². The molecule has 1 aliphatic carbocycles. The van der Waals surface area contributed by atoms with Gasteiger partial charge in [-0.3, -0.25) is 18.6 Å². The summed E-state index contributed by atoms with van der Waals surface area (Å²) in [5.41, 5.74) is 1.91. The topological polar surface area (TPSA) is 69.3 Å². The molecule has 0 aliphatic heterocycles. The van der Waals surface area contributed by atoms with Gasteiger partial charge in [0.25, 0.3) is 11.1 Å². The monoisotopic (exact) mass is 444 g/mol. The first-order valence-electron chi connectivity index (χ1n) is 9.68. The number of hydrogen-bond donors (Lipinski definition) is 0. The van der Waals surface area contributed by atoms with E-state index in [1.165, 1.54) is 33.5 Å². The summed E-state index contributed by atoms with van der Waals surface area (Å²) in [6.45, 7) is 4.82. The highest BCUT2D eigenvalue weighted by molar-refractivity contribution is 7.98. The Morgan fingerprint density at radius 3 is 3.00 bits per heavy atom. The maximum atomic E-state index is 13.2. The summed E-state index contributed by atoms with van der Waals surface area (Å²) in [7, 11) is 0. The van der Waals surface area contributed by atoms with Crippen LogP contribution in [0, 0.1) is 5.92 Å². The molecule has 0 spiro atoms. The largest absolute Gasteiger partial charge is 0.287 e. The lowest BCUT2D eigenvalue weighted by atomic mass is 9.89. The van der Waals surface area contributed by atoms with Crippen molar-refractivity contribution in [3.8, 4) is 0 Å². The molecule has 1 aliphatic rings. The lowest BCUT2D eigenvalue weighted by molar-refractivity contribution is 0.509. The van der Waals surface area contributed by atoms with Crippen LogP contribution in [0.1, 0.15) is 36.4 Å². The van der Waals surface area contributed by atoms with E-state index in [-0.39, 0.29) is 11.1 Å². The average molecular weight is 445 g/mol. The predicted octanol–water partition coefficient (Wildman–Crippen LogP) is 3.96. The number of thioether (sulfide) groups is 1. The van der Waals surface area contributed by atoms with Gasteiger partial charge in [0.15, 0.2) is 10.1 Å². The third-order valence-electron chi connectivity index (χ3n) is 5.40. The van der Waals surface area contributed by atoms with E-state index >= 15 is 0 Å². The molecule has 9 heteroatoms. The molecule has 5 rings (SSSR count). The Hall–Kier alpha value is -1.97. The van der Waals surface area contributed by atoms with E-state index in [2.05, 4.69) is 11.9 Å². The molecule has 4 heterocycles. The quantitative estimate of drug-likeness (QED) is 0.352. The summed E-state index contributed by atoms with van der Waals surface area (Å²) in [5.74, 6) is 1.17. The molecule has 0 radical (unpaired) electrons. The summed E-state index contributed by atoms with van der Waals surface area (Å²) in [4.78, 5) is 37.7. The summed E-state index contributed by atoms with van der Waals surface area (Å²) < 4.78 is 3.30. The van der Waals surface area contributed by atoms with Crippen molar-refractivity contribution < 1.29 is 0 Å². The molecule has 0 bridgehead atoms. The molecule has 0 saturated heterocycles. The molecule has 1 unspecified atom stereocenters. The van der Waals surface area contributed by atoms with Crippen molar-refractivity contribution in [1.82, 2.24) is 18.9 Å². The first-order chi connectivity index (χ1) is 14.0. The fourth-order valence-electron chi connectivity index (χ4n) is 3.89. The van der Waals surface area contributed by atoms with Crippen molar-refractivity contribution in [3.05, 3.63) is 54.5 Å². The van der Waals surface area contributed by atoms with Gasteiger partial charge in [0.05, 0.1) is 11.1 Å². The normalized spacial score (nSPS) is 16.6. The Bertz CT molecular complexity index is 1350. The fraction of sp³-hybridized carbons (Fsp3) is 0.400. The Balaban J connectivity index is 1.53. The molecule has 29 heavy (non-hydrogen) atoms. The minimum absolute atomic E-state index is 0.0637. The van der Waals surface area contributed by atoms with Crippen molar-refractivity contribution in [2.75, 3.05) is 0 Å². The number of nitrogens with zero attached hydrogens (tertiary/aromatic N) is 4. The zero-order valence-electron chi connectivity index (χ0n) is 16.2. The van der Waals surface area contributed by atoms with E-state index in [0.29, 0.717) is 34.0 Å². The molecule has 1 atom stereocenters. The summed E-state index contributed by atoms with van der Waals surface area (Å²) in [6.07, 6.45) is 4.88. The lowest BCUT2D eigenvalue weighted by Gasteiger charge is -2.17. The Morgan fingerprint density at radius 1 is 1.31 bits per heavy atom. The highest BCUT2D eigenvalue weighted by Gasteiger charge is 2.24. The van der Waals surface area contributed by atoms with Crippen molar-refractivity contribution in [1.29, 1.82) is 0 Å². The second-order valence-corrected chi connectivity index (χ2v) is 10.3. The Kier molecular flexibility index (Phi) is 4.84. The van der Waals surface area contributed by atoms with Crippen LogP contribution in [0.4, 0.5) is 0 Å². The molecule has 150 valence electrons. The molecule has 4 aromatic heterocycles. The molecule has 6 nitrogen and oxygen atoms in total. The van der Waals surface area contributed by atoms with E-state index < -0.39 is 0 Å². The maximum Gasteiger partial charge on any atom is 0.263 e. The summed E-state index contributed by atoms with van der Waals surface area (Å²) >= 11 is 4.58. The fourth-order valence-corrected chi connectivity index (χ4v) is 7.01. The number of aromatic nitrogens is 4. The Labute approximate surface area is 179 Å². The standard InChI is InChI=1S/C20H20N4O2S3/c1-3-23-18(26)16-13-5-4-11(2)8-14(13)29-17(16)22-20(23)28-10-12-9-15(25)24-6-7-27-19(24)21-12/h6-7,9,11H,3-5,8,10H2,1-2H3. The van der Waals surface area contributed by atoms with Crippen molar-refractivity contribution in [2.45, 2.75) is 50.6 Å². The molecule has 0 saturated carbocycles. The molecule has 0 amide bonds. The van der Waals surface area contributed by atoms with E-state index in [4.69, 9.17) is 4.98 Å². The zero-order chi connectivity index (χ0) is 20.1. The van der Waals surface area contributed by atoms with Gasteiger partial charge in [0, 0.05) is 34.8 Å². The highest BCUT2D eigenvalue weighted by Crippen LogP contribution is 2.36. The van der Waals surface area contributed by atoms with Crippen LogP contribution < -0.4 is 11.1 Å². The molecule has 4 aromatic rings. The number of fused-ring (bicyclic) bond motifs is 4. The second-order valence-electron chi connectivity index (χ2n) is 7.41. The van der Waals surface area contributed by atoms with Gasteiger partial charge in [0.1, 0.15) is 4.83 Å². The summed E-state index contributed by atoms with van der Waals surface area (Å²) in [6, 6.07) is 1.56. The van der Waals surface area contributed by atoms with Crippen LogP contribution in [0.3, 0.4) is 0 Å². The van der Waals surface area contributed by atoms with Crippen molar-refractivity contribution in [2.24, 2.45) is 5.92 Å². The minimum atomic E-state index is -0.0804. The number of aryl methyl sites for hydroxylation is 1. The van der Waals surface area contributed by atoms with E-state index in [9.17, 15) is 9.59 Å². The number of rotatable bonds is 4. The third kappa shape index (κ3) is 3.25. The Morgan fingerprint density at radius 2 is 2.17 bits per heavy atom. The van der Waals surface area contributed by atoms with Gasteiger partial charge in [-0.25, -0.2) is 9.97 Å². The molecular formula is C20H20N4O2S3. The molecular weight excluding hydrogens is 424 g/mol. The van der Waals surface area contributed by atoms with Crippen molar-refractivity contribution >= 4 is 49.6 Å². The van der Waals surface area contributed by atoms with Gasteiger partial charge in [-0.15, -0.1) is 22.7 Å². The molecule has 0 fully saturated rings. The number of thiazole rings is 1. The van der Waals surface area contributed by atoms with Gasteiger partial charge < -0.3 is 0 Å². The molecule has 0 aromatic carbocycles. The van der Waals surface area contributed by atoms with Gasteiger partial charge in [-0.2, -0.15) is 0 Å². The van der Waals surface area contributed by atoms with E-state index in [1.54, 1.807) is 32.6 Å². The maximum absolute atomic E-state index is 13.2. The zero-order valence-corrected chi connectivity index (χ0v) is 18.6. The highest BCUT2D eigenvalue weighted by atomic mass is 32.2. The smallest absolute Gasteiger partial charge is 0.263 e. The van der Waals surface area contributed by atoms with Crippen molar-refractivity contribution in [3.63, 3.8) is 0 Å². The van der Waals surface area contributed by atoms with E-state index in [0.717, 1.165) is 29.5 Å². The SMILES string of the molecule is CCn1c(SCc2cc(=O)n3ccsc3n2)nc2sc3c(c2c1=O)CCC(C)C3. The van der Waals surface area contributed by atoms with Crippen LogP contribution in [0.2, 0.25) is 0 Å². The number of hydrogen-bond acceptors (Lipinski definition) is 7. The van der Waals surface area contributed by atoms with Gasteiger partial charge in [-0.1, -0.05) is 18.7 Å². The lowest BCUT2D eigenvalue weighted by Crippen LogP contribution is -2.23. The molecule has 0 N–H and O–H groups in total. The van der Waals surface area contributed by atoms with Gasteiger partial charge in [-0.05, 0) is 37.7 Å². The van der Waals surface area contributed by atoms with Gasteiger partial charge in [0.2, 0.25) is 0 Å². The van der Waals surface area contributed by atoms with Crippen LogP contribution in [-0.2, 0) is 25.1 Å². The van der Waals surface area contributed by atoms with Crippen LogP contribution in [0.5, 0.6) is 0 Å². The van der Waals surface area contributed by atoms with Crippen LogP contribution >= 0.6 is 34.4 Å². The van der Waals surface area contributed by atoms with Crippen LogP contribution in [-0.4, -0.2) is 18.9 Å². The predicted molar refractivity (Wildman–Crippen MR) is 120 cm³/mol. The van der Waals surface area contributed by atoms with Crippen LogP contribution in [0.15, 0.2) is 32.4 Å². The summed E-state index contributed by atoms with van der Waals surface area (Å²) in [5, 5.41) is 3.37. The first-order valence-corrected chi connectivity index (χ1v) is 12.4. The van der Waals surface area contributed by atoms with Gasteiger partial charge >= 0.3 is 0 Å². The van der Waals surface area contributed by atoms with E-state index in [1.807, 2.05) is 12.3 Å². The third-order valence-corrected chi connectivity index (χ3v) is 8.32. The number of thiophene rings is 1. The first kappa shape index (κ1) is 19.0. The second kappa shape index (κ2) is 7.37. The minimum Gasteiger partial charge on any atom is -0.287 e. The average Bonchev–Trinajstić information content (AvgIpc) is 3.30.